The summed E-state index contributed by atoms with van der Waals surface area (Å²) in [5, 5.41) is 0. The number of benzene rings is 1. The molecule has 26 heavy (non-hydrogen) atoms. The molecule has 0 saturated carbocycles. The molecule has 0 bridgehead atoms. The molecule has 0 aliphatic carbocycles. The molecule has 0 amide bonds. The highest BCUT2D eigenvalue weighted by molar-refractivity contribution is 5.72. The summed E-state index contributed by atoms with van der Waals surface area (Å²) in [7, 11) is 0. The second-order valence-corrected chi connectivity index (χ2v) is 6.58. The van der Waals surface area contributed by atoms with E-state index < -0.39 is 0 Å². The van der Waals surface area contributed by atoms with Crippen molar-refractivity contribution >= 4 is 5.97 Å². The van der Waals surface area contributed by atoms with Crippen LogP contribution in [0, 0.1) is 5.92 Å². The van der Waals surface area contributed by atoms with E-state index in [1.54, 1.807) is 6.20 Å². The van der Waals surface area contributed by atoms with Crippen molar-refractivity contribution in [3.8, 4) is 5.75 Å². The Morgan fingerprint density at radius 2 is 2.08 bits per heavy atom. The van der Waals surface area contributed by atoms with E-state index in [4.69, 9.17) is 9.47 Å². The topological polar surface area (TPSA) is 51.7 Å². The highest BCUT2D eigenvalue weighted by atomic mass is 16.5. The second-order valence-electron chi connectivity index (χ2n) is 6.58. The third-order valence-corrected chi connectivity index (χ3v) is 4.57. The summed E-state index contributed by atoms with van der Waals surface area (Å²) in [4.78, 5) is 18.5. The highest BCUT2D eigenvalue weighted by Crippen LogP contribution is 2.21. The fourth-order valence-corrected chi connectivity index (χ4v) is 3.24. The Morgan fingerprint density at radius 3 is 2.81 bits per heavy atom. The molecule has 2 heterocycles. The summed E-state index contributed by atoms with van der Waals surface area (Å²) in [6, 6.07) is 14.0. The molecule has 5 heteroatoms. The first-order valence-electron chi connectivity index (χ1n) is 9.25. The quantitative estimate of drug-likeness (QED) is 0.713. The summed E-state index contributed by atoms with van der Waals surface area (Å²) in [6.07, 6.45) is 3.73. The van der Waals surface area contributed by atoms with Gasteiger partial charge in [-0.2, -0.15) is 0 Å². The largest absolute Gasteiger partial charge is 0.487 e. The summed E-state index contributed by atoms with van der Waals surface area (Å²) >= 11 is 0. The molecule has 138 valence electrons. The van der Waals surface area contributed by atoms with Gasteiger partial charge in [-0.25, -0.2) is 0 Å². The van der Waals surface area contributed by atoms with Crippen LogP contribution < -0.4 is 4.74 Å². The van der Waals surface area contributed by atoms with Crippen LogP contribution in [0.15, 0.2) is 48.7 Å². The zero-order valence-corrected chi connectivity index (χ0v) is 15.3. The van der Waals surface area contributed by atoms with Gasteiger partial charge in [-0.1, -0.05) is 18.2 Å². The van der Waals surface area contributed by atoms with Gasteiger partial charge in [0, 0.05) is 19.3 Å². The van der Waals surface area contributed by atoms with E-state index in [1.165, 1.54) is 5.56 Å². The van der Waals surface area contributed by atoms with Crippen LogP contribution >= 0.6 is 0 Å². The van der Waals surface area contributed by atoms with Crippen LogP contribution in [-0.2, 0) is 22.7 Å². The molecule has 0 N–H and O–H groups in total. The Hall–Kier alpha value is -2.40. The van der Waals surface area contributed by atoms with Crippen LogP contribution in [-0.4, -0.2) is 35.5 Å². The molecule has 1 aromatic heterocycles. The maximum absolute atomic E-state index is 12.0. The number of aromatic nitrogens is 1. The second kappa shape index (κ2) is 9.34. The van der Waals surface area contributed by atoms with Gasteiger partial charge in [-0.3, -0.25) is 14.7 Å². The van der Waals surface area contributed by atoms with Gasteiger partial charge in [0.2, 0.25) is 0 Å². The van der Waals surface area contributed by atoms with Crippen molar-refractivity contribution in [3.63, 3.8) is 0 Å². The Labute approximate surface area is 155 Å². The molecule has 3 rings (SSSR count). The Bertz CT molecular complexity index is 688. The van der Waals surface area contributed by atoms with Gasteiger partial charge in [0.15, 0.2) is 0 Å². The van der Waals surface area contributed by atoms with Gasteiger partial charge < -0.3 is 9.47 Å². The maximum atomic E-state index is 12.0. The average molecular weight is 354 g/mol. The van der Waals surface area contributed by atoms with Gasteiger partial charge in [0.25, 0.3) is 0 Å². The third-order valence-electron chi connectivity index (χ3n) is 4.57. The van der Waals surface area contributed by atoms with E-state index in [9.17, 15) is 4.79 Å². The van der Waals surface area contributed by atoms with E-state index in [-0.39, 0.29) is 11.9 Å². The van der Waals surface area contributed by atoms with Crippen molar-refractivity contribution in [3.05, 3.63) is 59.9 Å². The summed E-state index contributed by atoms with van der Waals surface area (Å²) in [6.45, 7) is 5.42. The molecular formula is C21H26N2O3. The standard InChI is InChI=1S/C21H26N2O3/c1-2-25-21(24)18-6-5-13-23(15-18)14-17-8-10-20(11-9-17)26-16-19-7-3-4-12-22-19/h3-4,7-12,18H,2,5-6,13-16H2,1H3. The summed E-state index contributed by atoms with van der Waals surface area (Å²) < 4.78 is 10.9. The molecule has 5 nitrogen and oxygen atoms in total. The van der Waals surface area contributed by atoms with Crippen molar-refractivity contribution in [2.45, 2.75) is 32.9 Å². The number of likely N-dealkylation sites (tertiary alicyclic amines) is 1. The molecule has 1 atom stereocenters. The van der Waals surface area contributed by atoms with Gasteiger partial charge in [-0.05, 0) is 56.1 Å². The molecule has 1 fully saturated rings. The minimum absolute atomic E-state index is 0.00433. The minimum Gasteiger partial charge on any atom is -0.487 e. The van der Waals surface area contributed by atoms with Crippen molar-refractivity contribution in [2.75, 3.05) is 19.7 Å². The van der Waals surface area contributed by atoms with Crippen molar-refractivity contribution in [1.29, 1.82) is 0 Å². The first kappa shape index (κ1) is 18.4. The van der Waals surface area contributed by atoms with Crippen LogP contribution in [0.25, 0.3) is 0 Å². The monoisotopic (exact) mass is 354 g/mol. The summed E-state index contributed by atoms with van der Waals surface area (Å²) in [5.74, 6) is 0.780. The number of carbonyl (C=O) groups is 1. The van der Waals surface area contributed by atoms with E-state index in [0.29, 0.717) is 13.2 Å². The SMILES string of the molecule is CCOC(=O)C1CCCN(Cc2ccc(OCc3ccccn3)cc2)C1. The molecule has 1 aliphatic heterocycles. The van der Waals surface area contributed by atoms with Crippen LogP contribution in [0.4, 0.5) is 0 Å². The number of pyridine rings is 1. The molecule has 1 saturated heterocycles. The summed E-state index contributed by atoms with van der Waals surface area (Å²) in [5.41, 5.74) is 2.13. The van der Waals surface area contributed by atoms with E-state index >= 15 is 0 Å². The van der Waals surface area contributed by atoms with Gasteiger partial charge in [0.05, 0.1) is 18.2 Å². The van der Waals surface area contributed by atoms with E-state index in [0.717, 1.165) is 43.9 Å². The number of hydrogen-bond acceptors (Lipinski definition) is 5. The zero-order valence-electron chi connectivity index (χ0n) is 15.3. The van der Waals surface area contributed by atoms with Crippen molar-refractivity contribution < 1.29 is 14.3 Å². The van der Waals surface area contributed by atoms with E-state index in [2.05, 4.69) is 22.0 Å². The molecule has 1 aromatic carbocycles. The van der Waals surface area contributed by atoms with Crippen molar-refractivity contribution in [2.24, 2.45) is 5.92 Å². The third kappa shape index (κ3) is 5.30. The number of nitrogens with zero attached hydrogens (tertiary/aromatic N) is 2. The number of rotatable bonds is 7. The normalized spacial score (nSPS) is 17.7. The predicted octanol–water partition coefficient (Wildman–Crippen LogP) is 3.44. The van der Waals surface area contributed by atoms with Crippen LogP contribution in [0.5, 0.6) is 5.75 Å². The van der Waals surface area contributed by atoms with Crippen LogP contribution in [0.3, 0.4) is 0 Å². The highest BCUT2D eigenvalue weighted by Gasteiger charge is 2.26. The van der Waals surface area contributed by atoms with Gasteiger partial charge in [0.1, 0.15) is 12.4 Å². The lowest BCUT2D eigenvalue weighted by Crippen LogP contribution is -2.38. The van der Waals surface area contributed by atoms with Crippen LogP contribution in [0.2, 0.25) is 0 Å². The molecule has 1 aliphatic rings. The lowest BCUT2D eigenvalue weighted by Gasteiger charge is -2.31. The van der Waals surface area contributed by atoms with Gasteiger partial charge >= 0.3 is 5.97 Å². The zero-order chi connectivity index (χ0) is 18.2. The molecule has 2 aromatic rings. The average Bonchev–Trinajstić information content (AvgIpc) is 2.69. The number of carbonyl (C=O) groups excluding carboxylic acids is 1. The fraction of sp³-hybridized carbons (Fsp3) is 0.429. The fourth-order valence-electron chi connectivity index (χ4n) is 3.24. The molecule has 0 spiro atoms. The minimum atomic E-state index is -0.0598. The molecule has 0 radical (unpaired) electrons. The number of hydrogen-bond donors (Lipinski definition) is 0. The van der Waals surface area contributed by atoms with Gasteiger partial charge in [-0.15, -0.1) is 0 Å². The maximum Gasteiger partial charge on any atom is 0.310 e. The molecule has 1 unspecified atom stereocenters. The smallest absolute Gasteiger partial charge is 0.310 e. The first-order valence-corrected chi connectivity index (χ1v) is 9.25. The van der Waals surface area contributed by atoms with Crippen molar-refractivity contribution in [1.82, 2.24) is 9.88 Å². The Morgan fingerprint density at radius 1 is 1.23 bits per heavy atom. The first-order chi connectivity index (χ1) is 12.7. The lowest BCUT2D eigenvalue weighted by atomic mass is 9.98. The lowest BCUT2D eigenvalue weighted by molar-refractivity contribution is -0.150. The Kier molecular flexibility index (Phi) is 6.61. The predicted molar refractivity (Wildman–Crippen MR) is 99.6 cm³/mol. The van der Waals surface area contributed by atoms with E-state index in [1.807, 2.05) is 37.3 Å². The number of esters is 1. The Balaban J connectivity index is 1.50. The number of ether oxygens (including phenoxy) is 2. The van der Waals surface area contributed by atoms with Crippen LogP contribution in [0.1, 0.15) is 31.0 Å². The number of piperidine rings is 1. The molecular weight excluding hydrogens is 328 g/mol.